The molecule has 1 aliphatic heterocycles. The number of nitrogens with zero attached hydrogens (tertiary/aromatic N) is 2. The van der Waals surface area contributed by atoms with Gasteiger partial charge in [0.1, 0.15) is 11.6 Å². The van der Waals surface area contributed by atoms with Crippen molar-refractivity contribution in [1.82, 2.24) is 9.88 Å². The molecule has 0 saturated carbocycles. The summed E-state index contributed by atoms with van der Waals surface area (Å²) in [6.07, 6.45) is 4.14. The Bertz CT molecular complexity index is 368. The smallest absolute Gasteiger partial charge is 0.232 e. The zero-order valence-electron chi connectivity index (χ0n) is 9.73. The first-order valence-electron chi connectivity index (χ1n) is 5.90. The van der Waals surface area contributed by atoms with Crippen LogP contribution in [0.1, 0.15) is 18.4 Å². The lowest BCUT2D eigenvalue weighted by molar-refractivity contribution is 0.231. The third-order valence-electron chi connectivity index (χ3n) is 2.89. The van der Waals surface area contributed by atoms with E-state index in [1.807, 2.05) is 0 Å². The van der Waals surface area contributed by atoms with Crippen molar-refractivity contribution in [3.05, 3.63) is 22.8 Å². The molecule has 1 N–H and O–H groups in total. The lowest BCUT2D eigenvalue weighted by Gasteiger charge is -2.15. The summed E-state index contributed by atoms with van der Waals surface area (Å²) in [7, 11) is 0. The van der Waals surface area contributed by atoms with Gasteiger partial charge in [-0.3, -0.25) is 4.90 Å². The molecule has 5 heteroatoms. The van der Waals surface area contributed by atoms with Gasteiger partial charge in [-0.05, 0) is 37.6 Å². The van der Waals surface area contributed by atoms with Crippen molar-refractivity contribution in [3.8, 4) is 5.88 Å². The molecular formula is C12H17ClN2O2. The van der Waals surface area contributed by atoms with Crippen LogP contribution in [0.4, 0.5) is 0 Å². The predicted octanol–water partition coefficient (Wildman–Crippen LogP) is 1.70. The lowest BCUT2D eigenvalue weighted by atomic mass is 10.3. The molecule has 0 aromatic carbocycles. The number of halogens is 1. The molecule has 0 unspecified atom stereocenters. The fourth-order valence-corrected chi connectivity index (χ4v) is 2.18. The lowest BCUT2D eigenvalue weighted by Crippen LogP contribution is -2.25. The maximum atomic E-state index is 8.93. The maximum Gasteiger partial charge on any atom is 0.232 e. The van der Waals surface area contributed by atoms with Gasteiger partial charge in [-0.1, -0.05) is 11.6 Å². The van der Waals surface area contributed by atoms with Crippen LogP contribution >= 0.6 is 11.6 Å². The third-order valence-corrected chi connectivity index (χ3v) is 3.16. The summed E-state index contributed by atoms with van der Waals surface area (Å²) in [6.45, 7) is 3.79. The van der Waals surface area contributed by atoms with Crippen LogP contribution in [-0.4, -0.2) is 41.2 Å². The summed E-state index contributed by atoms with van der Waals surface area (Å²) in [5.74, 6) is 0.447. The highest BCUT2D eigenvalue weighted by Crippen LogP contribution is 2.22. The highest BCUT2D eigenvalue weighted by atomic mass is 35.5. The quantitative estimate of drug-likeness (QED) is 0.871. The van der Waals surface area contributed by atoms with Gasteiger partial charge in [0, 0.05) is 12.7 Å². The SMILES string of the molecule is OCc1cnc(OCCN2CCCC2)c(Cl)c1. The predicted molar refractivity (Wildman–Crippen MR) is 66.3 cm³/mol. The molecule has 4 nitrogen and oxygen atoms in total. The van der Waals surface area contributed by atoms with Gasteiger partial charge < -0.3 is 9.84 Å². The Morgan fingerprint density at radius 1 is 1.41 bits per heavy atom. The van der Waals surface area contributed by atoms with E-state index >= 15 is 0 Å². The van der Waals surface area contributed by atoms with E-state index in [2.05, 4.69) is 9.88 Å². The van der Waals surface area contributed by atoms with E-state index in [0.29, 0.717) is 23.1 Å². The first-order valence-corrected chi connectivity index (χ1v) is 6.28. The molecule has 1 fully saturated rings. The van der Waals surface area contributed by atoms with Gasteiger partial charge in [0.15, 0.2) is 0 Å². The number of pyridine rings is 1. The van der Waals surface area contributed by atoms with Gasteiger partial charge in [0.05, 0.1) is 6.61 Å². The molecule has 2 rings (SSSR count). The number of ether oxygens (including phenoxy) is 1. The van der Waals surface area contributed by atoms with Crippen molar-refractivity contribution in [1.29, 1.82) is 0 Å². The summed E-state index contributed by atoms with van der Waals surface area (Å²) < 4.78 is 5.53. The fraction of sp³-hybridized carbons (Fsp3) is 0.583. The maximum absolute atomic E-state index is 8.93. The van der Waals surface area contributed by atoms with Crippen LogP contribution in [0.5, 0.6) is 5.88 Å². The summed E-state index contributed by atoms with van der Waals surface area (Å²) in [4.78, 5) is 6.45. The second-order valence-electron chi connectivity index (χ2n) is 4.19. The molecule has 1 aromatic rings. The Morgan fingerprint density at radius 2 is 2.18 bits per heavy atom. The van der Waals surface area contributed by atoms with E-state index < -0.39 is 0 Å². The van der Waals surface area contributed by atoms with Gasteiger partial charge in [-0.2, -0.15) is 0 Å². The van der Waals surface area contributed by atoms with Crippen molar-refractivity contribution in [2.24, 2.45) is 0 Å². The molecule has 2 heterocycles. The molecule has 1 saturated heterocycles. The van der Waals surface area contributed by atoms with Crippen LogP contribution in [0.3, 0.4) is 0 Å². The third kappa shape index (κ3) is 3.56. The fourth-order valence-electron chi connectivity index (χ4n) is 1.94. The zero-order valence-corrected chi connectivity index (χ0v) is 10.5. The molecule has 1 aliphatic rings. The summed E-state index contributed by atoms with van der Waals surface area (Å²) in [5, 5.41) is 9.38. The Balaban J connectivity index is 1.81. The average molecular weight is 257 g/mol. The molecule has 0 aliphatic carbocycles. The molecule has 0 amide bonds. The van der Waals surface area contributed by atoms with E-state index in [9.17, 15) is 0 Å². The first-order chi connectivity index (χ1) is 8.29. The Labute approximate surface area is 106 Å². The minimum absolute atomic E-state index is 0.0548. The van der Waals surface area contributed by atoms with E-state index in [1.165, 1.54) is 12.8 Å². The average Bonchev–Trinajstić information content (AvgIpc) is 2.84. The van der Waals surface area contributed by atoms with Crippen LogP contribution in [0.2, 0.25) is 5.02 Å². The molecule has 17 heavy (non-hydrogen) atoms. The standard InChI is InChI=1S/C12H17ClN2O2/c13-11-7-10(9-16)8-14-12(11)17-6-5-15-3-1-2-4-15/h7-8,16H,1-6,9H2. The van der Waals surface area contributed by atoms with E-state index in [0.717, 1.165) is 19.6 Å². The second-order valence-corrected chi connectivity index (χ2v) is 4.59. The van der Waals surface area contributed by atoms with Gasteiger partial charge in [-0.15, -0.1) is 0 Å². The van der Waals surface area contributed by atoms with Crippen LogP contribution in [0.25, 0.3) is 0 Å². The highest BCUT2D eigenvalue weighted by Gasteiger charge is 2.11. The Hall–Kier alpha value is -0.840. The second kappa shape index (κ2) is 6.19. The number of aromatic nitrogens is 1. The number of aliphatic hydroxyl groups is 1. The Morgan fingerprint density at radius 3 is 2.82 bits per heavy atom. The van der Waals surface area contributed by atoms with Crippen molar-refractivity contribution < 1.29 is 9.84 Å². The van der Waals surface area contributed by atoms with Crippen LogP contribution < -0.4 is 4.74 Å². The molecule has 0 bridgehead atoms. The summed E-state index contributed by atoms with van der Waals surface area (Å²) in [6, 6.07) is 1.68. The number of rotatable bonds is 5. The monoisotopic (exact) mass is 256 g/mol. The van der Waals surface area contributed by atoms with Crippen molar-refractivity contribution in [2.75, 3.05) is 26.2 Å². The molecular weight excluding hydrogens is 240 g/mol. The summed E-state index contributed by atoms with van der Waals surface area (Å²) >= 11 is 5.99. The molecule has 0 radical (unpaired) electrons. The number of hydrogen-bond donors (Lipinski definition) is 1. The van der Waals surface area contributed by atoms with Crippen LogP contribution in [0, 0.1) is 0 Å². The van der Waals surface area contributed by atoms with Crippen LogP contribution in [-0.2, 0) is 6.61 Å². The largest absolute Gasteiger partial charge is 0.475 e. The highest BCUT2D eigenvalue weighted by molar-refractivity contribution is 6.31. The van der Waals surface area contributed by atoms with Crippen LogP contribution in [0.15, 0.2) is 12.3 Å². The first kappa shape index (κ1) is 12.6. The molecule has 94 valence electrons. The van der Waals surface area contributed by atoms with Gasteiger partial charge in [-0.25, -0.2) is 4.98 Å². The van der Waals surface area contributed by atoms with E-state index in [4.69, 9.17) is 21.4 Å². The van der Waals surface area contributed by atoms with Gasteiger partial charge in [0.2, 0.25) is 5.88 Å². The summed E-state index contributed by atoms with van der Waals surface area (Å²) in [5.41, 5.74) is 0.696. The van der Waals surface area contributed by atoms with Crippen molar-refractivity contribution >= 4 is 11.6 Å². The molecule has 0 atom stereocenters. The normalized spacial score (nSPS) is 16.4. The zero-order chi connectivity index (χ0) is 12.1. The topological polar surface area (TPSA) is 45.6 Å². The number of likely N-dealkylation sites (tertiary alicyclic amines) is 1. The minimum atomic E-state index is -0.0548. The van der Waals surface area contributed by atoms with E-state index in [1.54, 1.807) is 12.3 Å². The van der Waals surface area contributed by atoms with Crippen molar-refractivity contribution in [3.63, 3.8) is 0 Å². The Kier molecular flexibility index (Phi) is 4.59. The van der Waals surface area contributed by atoms with Gasteiger partial charge in [0.25, 0.3) is 0 Å². The van der Waals surface area contributed by atoms with E-state index in [-0.39, 0.29) is 6.61 Å². The van der Waals surface area contributed by atoms with Gasteiger partial charge >= 0.3 is 0 Å². The number of hydrogen-bond acceptors (Lipinski definition) is 4. The molecule has 1 aromatic heterocycles. The molecule has 0 spiro atoms. The van der Waals surface area contributed by atoms with Crippen molar-refractivity contribution in [2.45, 2.75) is 19.4 Å². The number of aliphatic hydroxyl groups excluding tert-OH is 1. The minimum Gasteiger partial charge on any atom is -0.475 e.